The first kappa shape index (κ1) is 12.8. The van der Waals surface area contributed by atoms with Gasteiger partial charge >= 0.3 is 0 Å². The van der Waals surface area contributed by atoms with Gasteiger partial charge in [-0.15, -0.1) is 0 Å². The number of piperazine rings is 1. The van der Waals surface area contributed by atoms with Crippen LogP contribution in [0.4, 0.5) is 10.1 Å². The lowest BCUT2D eigenvalue weighted by Crippen LogP contribution is -2.52. The molecule has 1 aromatic carbocycles. The molecule has 0 bridgehead atoms. The Hall–Kier alpha value is -1.62. The second kappa shape index (κ2) is 4.94. The van der Waals surface area contributed by atoms with Crippen molar-refractivity contribution < 1.29 is 9.18 Å². The topological polar surface area (TPSA) is 49.6 Å². The third-order valence-corrected chi connectivity index (χ3v) is 3.31. The highest BCUT2D eigenvalue weighted by Crippen LogP contribution is 2.17. The summed E-state index contributed by atoms with van der Waals surface area (Å²) in [5.41, 5.74) is 5.91. The van der Waals surface area contributed by atoms with Gasteiger partial charge in [-0.2, -0.15) is 0 Å². The molecule has 1 unspecified atom stereocenters. The van der Waals surface area contributed by atoms with E-state index >= 15 is 0 Å². The average Bonchev–Trinajstić information content (AvgIpc) is 2.28. The Labute approximate surface area is 106 Å². The molecule has 4 nitrogen and oxygen atoms in total. The minimum Gasteiger partial charge on any atom is -0.399 e. The zero-order chi connectivity index (χ0) is 13.3. The highest BCUT2D eigenvalue weighted by Gasteiger charge is 2.27. The van der Waals surface area contributed by atoms with Crippen LogP contribution in [0.1, 0.15) is 17.3 Å². The number of nitrogens with zero attached hydrogens (tertiary/aromatic N) is 2. The SMILES string of the molecule is CC1CN(C)CCN1C(=O)c1ccc(N)cc1F. The Morgan fingerprint density at radius 2 is 2.17 bits per heavy atom. The highest BCUT2D eigenvalue weighted by atomic mass is 19.1. The number of carbonyl (C=O) groups excluding carboxylic acids is 1. The van der Waals surface area contributed by atoms with Gasteiger partial charge in [0.05, 0.1) is 5.56 Å². The average molecular weight is 251 g/mol. The van der Waals surface area contributed by atoms with Crippen LogP contribution in [0.15, 0.2) is 18.2 Å². The number of carbonyl (C=O) groups is 1. The number of anilines is 1. The molecule has 1 amide bonds. The lowest BCUT2D eigenvalue weighted by Gasteiger charge is -2.38. The molecule has 1 aliphatic rings. The van der Waals surface area contributed by atoms with Crippen molar-refractivity contribution in [1.82, 2.24) is 9.80 Å². The molecule has 98 valence electrons. The molecule has 1 fully saturated rings. The predicted octanol–water partition coefficient (Wildman–Crippen LogP) is 1.18. The lowest BCUT2D eigenvalue weighted by molar-refractivity contribution is 0.0529. The van der Waals surface area contributed by atoms with Crippen LogP contribution in [0.3, 0.4) is 0 Å². The lowest BCUT2D eigenvalue weighted by atomic mass is 10.1. The molecule has 2 N–H and O–H groups in total. The third kappa shape index (κ3) is 2.46. The molecule has 0 saturated carbocycles. The van der Waals surface area contributed by atoms with Crippen molar-refractivity contribution in [3.8, 4) is 0 Å². The monoisotopic (exact) mass is 251 g/mol. The molecular formula is C13H18FN3O. The maximum absolute atomic E-state index is 13.7. The molecule has 0 aromatic heterocycles. The Morgan fingerprint density at radius 3 is 2.78 bits per heavy atom. The van der Waals surface area contributed by atoms with Gasteiger partial charge in [0, 0.05) is 31.4 Å². The summed E-state index contributed by atoms with van der Waals surface area (Å²) in [6.45, 7) is 4.22. The summed E-state index contributed by atoms with van der Waals surface area (Å²) in [6.07, 6.45) is 0. The van der Waals surface area contributed by atoms with Crippen molar-refractivity contribution in [3.05, 3.63) is 29.6 Å². The second-order valence-corrected chi connectivity index (χ2v) is 4.85. The fraction of sp³-hybridized carbons (Fsp3) is 0.462. The van der Waals surface area contributed by atoms with Gasteiger partial charge in [-0.25, -0.2) is 4.39 Å². The molecule has 0 spiro atoms. The first-order valence-corrected chi connectivity index (χ1v) is 6.03. The summed E-state index contributed by atoms with van der Waals surface area (Å²) >= 11 is 0. The van der Waals surface area contributed by atoms with E-state index in [0.717, 1.165) is 13.1 Å². The van der Waals surface area contributed by atoms with E-state index in [1.165, 1.54) is 12.1 Å². The van der Waals surface area contributed by atoms with E-state index in [-0.39, 0.29) is 17.5 Å². The van der Waals surface area contributed by atoms with Gasteiger partial charge in [-0.1, -0.05) is 0 Å². The summed E-state index contributed by atoms with van der Waals surface area (Å²) in [4.78, 5) is 16.2. The number of likely N-dealkylation sites (N-methyl/N-ethyl adjacent to an activating group) is 1. The predicted molar refractivity (Wildman–Crippen MR) is 68.8 cm³/mol. The van der Waals surface area contributed by atoms with Crippen molar-refractivity contribution in [3.63, 3.8) is 0 Å². The first-order chi connectivity index (χ1) is 8.49. The van der Waals surface area contributed by atoms with Crippen LogP contribution in [0.5, 0.6) is 0 Å². The molecule has 5 heteroatoms. The quantitative estimate of drug-likeness (QED) is 0.763. The molecule has 2 rings (SSSR count). The number of hydrogen-bond acceptors (Lipinski definition) is 3. The summed E-state index contributed by atoms with van der Waals surface area (Å²) in [6, 6.07) is 4.29. The van der Waals surface area contributed by atoms with Gasteiger partial charge in [0.25, 0.3) is 5.91 Å². The van der Waals surface area contributed by atoms with E-state index in [4.69, 9.17) is 5.73 Å². The van der Waals surface area contributed by atoms with Crippen molar-refractivity contribution in [2.75, 3.05) is 32.4 Å². The number of amides is 1. The number of nitrogens with two attached hydrogens (primary N) is 1. The third-order valence-electron chi connectivity index (χ3n) is 3.31. The molecule has 1 aliphatic heterocycles. The number of benzene rings is 1. The maximum Gasteiger partial charge on any atom is 0.257 e. The van der Waals surface area contributed by atoms with Gasteiger partial charge in [-0.05, 0) is 32.2 Å². The van der Waals surface area contributed by atoms with Crippen molar-refractivity contribution in [1.29, 1.82) is 0 Å². The van der Waals surface area contributed by atoms with E-state index in [1.807, 2.05) is 14.0 Å². The van der Waals surface area contributed by atoms with Crippen LogP contribution in [0.2, 0.25) is 0 Å². The second-order valence-electron chi connectivity index (χ2n) is 4.85. The van der Waals surface area contributed by atoms with Crippen LogP contribution in [0, 0.1) is 5.82 Å². The van der Waals surface area contributed by atoms with E-state index in [2.05, 4.69) is 4.90 Å². The van der Waals surface area contributed by atoms with Gasteiger partial charge < -0.3 is 15.5 Å². The minimum atomic E-state index is -0.550. The Bertz CT molecular complexity index is 464. The Balaban J connectivity index is 2.20. The first-order valence-electron chi connectivity index (χ1n) is 6.03. The molecule has 0 aliphatic carbocycles. The highest BCUT2D eigenvalue weighted by molar-refractivity contribution is 5.95. The summed E-state index contributed by atoms with van der Waals surface area (Å²) in [7, 11) is 2.02. The van der Waals surface area contributed by atoms with E-state index < -0.39 is 5.82 Å². The van der Waals surface area contributed by atoms with Gasteiger partial charge in [0.15, 0.2) is 0 Å². The summed E-state index contributed by atoms with van der Waals surface area (Å²) in [5.74, 6) is -0.806. The molecule has 1 heterocycles. The van der Waals surface area contributed by atoms with Crippen molar-refractivity contribution in [2.45, 2.75) is 13.0 Å². The summed E-state index contributed by atoms with van der Waals surface area (Å²) < 4.78 is 13.7. The van der Waals surface area contributed by atoms with E-state index in [0.29, 0.717) is 12.2 Å². The van der Waals surface area contributed by atoms with Crippen LogP contribution >= 0.6 is 0 Å². The Morgan fingerprint density at radius 1 is 1.44 bits per heavy atom. The zero-order valence-electron chi connectivity index (χ0n) is 10.7. The molecular weight excluding hydrogens is 233 g/mol. The van der Waals surface area contributed by atoms with E-state index in [1.54, 1.807) is 11.0 Å². The number of rotatable bonds is 1. The maximum atomic E-state index is 13.7. The van der Waals surface area contributed by atoms with E-state index in [9.17, 15) is 9.18 Å². The number of hydrogen-bond donors (Lipinski definition) is 1. The molecule has 1 aromatic rings. The van der Waals surface area contributed by atoms with Crippen molar-refractivity contribution in [2.24, 2.45) is 0 Å². The standard InChI is InChI=1S/C13H18FN3O/c1-9-8-16(2)5-6-17(9)13(18)11-4-3-10(15)7-12(11)14/h3-4,7,9H,5-6,8,15H2,1-2H3. The number of halogens is 1. The van der Waals surface area contributed by atoms with Crippen molar-refractivity contribution >= 4 is 11.6 Å². The Kier molecular flexibility index (Phi) is 3.52. The van der Waals surface area contributed by atoms with Crippen LogP contribution in [-0.4, -0.2) is 48.4 Å². The molecule has 1 atom stereocenters. The zero-order valence-corrected chi connectivity index (χ0v) is 10.7. The van der Waals surface area contributed by atoms with Gasteiger partial charge in [-0.3, -0.25) is 4.79 Å². The van der Waals surface area contributed by atoms with Gasteiger partial charge in [0.1, 0.15) is 5.82 Å². The molecule has 1 saturated heterocycles. The van der Waals surface area contributed by atoms with Crippen LogP contribution in [-0.2, 0) is 0 Å². The largest absolute Gasteiger partial charge is 0.399 e. The molecule has 0 radical (unpaired) electrons. The number of nitrogen functional groups attached to an aromatic ring is 1. The molecule has 18 heavy (non-hydrogen) atoms. The summed E-state index contributed by atoms with van der Waals surface area (Å²) in [5, 5.41) is 0. The minimum absolute atomic E-state index is 0.0909. The fourth-order valence-corrected chi connectivity index (χ4v) is 2.30. The smallest absolute Gasteiger partial charge is 0.257 e. The van der Waals surface area contributed by atoms with Crippen LogP contribution < -0.4 is 5.73 Å². The fourth-order valence-electron chi connectivity index (χ4n) is 2.30. The van der Waals surface area contributed by atoms with Crippen LogP contribution in [0.25, 0.3) is 0 Å². The normalized spacial score (nSPS) is 21.1. The van der Waals surface area contributed by atoms with Gasteiger partial charge in [0.2, 0.25) is 0 Å².